The van der Waals surface area contributed by atoms with Crippen LogP contribution in [0.3, 0.4) is 0 Å². The number of nitrogens with one attached hydrogen (secondary N) is 1. The van der Waals surface area contributed by atoms with Crippen LogP contribution in [0, 0.1) is 5.41 Å². The maximum absolute atomic E-state index is 6.99. The first-order chi connectivity index (χ1) is 5.77. The third-order valence-electron chi connectivity index (χ3n) is 0.823. The van der Waals surface area contributed by atoms with E-state index in [0.29, 0.717) is 5.71 Å². The van der Waals surface area contributed by atoms with Crippen LogP contribution in [0.5, 0.6) is 0 Å². The highest BCUT2D eigenvalue weighted by molar-refractivity contribution is 5.89. The Morgan fingerprint density at radius 3 is 1.83 bits per heavy atom. The minimum Gasteiger partial charge on any atom is -0.306 e. The van der Waals surface area contributed by atoms with E-state index in [-0.39, 0.29) is 0 Å². The van der Waals surface area contributed by atoms with Crippen molar-refractivity contribution < 1.29 is 0 Å². The Morgan fingerprint density at radius 1 is 1.17 bits per heavy atom. The van der Waals surface area contributed by atoms with Crippen molar-refractivity contribution in [3.8, 4) is 0 Å². The molecule has 0 aromatic carbocycles. The van der Waals surface area contributed by atoms with E-state index < -0.39 is 0 Å². The number of hydrogen-bond donors (Lipinski definition) is 1. The molecule has 0 radical (unpaired) electrons. The molecule has 0 spiro atoms. The fourth-order valence-electron chi connectivity index (χ4n) is 0.427. The predicted octanol–water partition coefficient (Wildman–Crippen LogP) is 4.43. The average molecular weight is 171 g/mol. The second-order valence-electron chi connectivity index (χ2n) is 1.87. The van der Waals surface area contributed by atoms with E-state index in [4.69, 9.17) is 5.41 Å². The summed E-state index contributed by atoms with van der Waals surface area (Å²) < 4.78 is 0. The van der Waals surface area contributed by atoms with Crippen LogP contribution in [0.4, 0.5) is 0 Å². The van der Waals surface area contributed by atoms with Crippen LogP contribution < -0.4 is 0 Å². The zero-order chi connectivity index (χ0) is 10.4. The maximum Gasteiger partial charge on any atom is 0.0279 e. The molecular formula is C11H25N. The molecular weight excluding hydrogens is 146 g/mol. The molecule has 0 heterocycles. The highest BCUT2D eigenvalue weighted by atomic mass is 14.4. The Hall–Kier alpha value is -0.590. The summed E-state index contributed by atoms with van der Waals surface area (Å²) in [6, 6.07) is 0. The Bertz CT molecular complexity index is 93.2. The van der Waals surface area contributed by atoms with E-state index >= 15 is 0 Å². The Labute approximate surface area is 78.4 Å². The van der Waals surface area contributed by atoms with Gasteiger partial charge in [0.1, 0.15) is 0 Å². The topological polar surface area (TPSA) is 23.9 Å². The Balaban J connectivity index is -0.000000175. The van der Waals surface area contributed by atoms with Gasteiger partial charge in [0, 0.05) is 5.71 Å². The third-order valence-corrected chi connectivity index (χ3v) is 0.823. The minimum absolute atomic E-state index is 0.637. The first-order valence-electron chi connectivity index (χ1n) is 4.99. The molecule has 0 saturated carbocycles. The second kappa shape index (κ2) is 22.4. The van der Waals surface area contributed by atoms with Crippen molar-refractivity contribution in [2.24, 2.45) is 0 Å². The van der Waals surface area contributed by atoms with Crippen molar-refractivity contribution in [2.75, 3.05) is 0 Å². The summed E-state index contributed by atoms with van der Waals surface area (Å²) in [5.41, 5.74) is 0.637. The molecule has 74 valence electrons. The molecule has 1 nitrogen and oxygen atoms in total. The van der Waals surface area contributed by atoms with Crippen LogP contribution in [-0.2, 0) is 0 Å². The van der Waals surface area contributed by atoms with Gasteiger partial charge in [0.25, 0.3) is 0 Å². The summed E-state index contributed by atoms with van der Waals surface area (Å²) in [5.74, 6) is 0. The second-order valence-corrected chi connectivity index (χ2v) is 1.87. The van der Waals surface area contributed by atoms with E-state index in [1.807, 2.05) is 39.8 Å². The summed E-state index contributed by atoms with van der Waals surface area (Å²) in [6.07, 6.45) is 6.13. The average Bonchev–Trinajstić information content (AvgIpc) is 2.12. The molecule has 0 aliphatic heterocycles. The van der Waals surface area contributed by atoms with E-state index in [0.717, 1.165) is 6.42 Å². The van der Waals surface area contributed by atoms with Crippen molar-refractivity contribution >= 4 is 5.71 Å². The molecule has 0 aliphatic rings. The summed E-state index contributed by atoms with van der Waals surface area (Å²) >= 11 is 0. The first kappa shape index (κ1) is 17.5. The van der Waals surface area contributed by atoms with Gasteiger partial charge in [-0.2, -0.15) is 0 Å². The SMILES string of the molecule is CC.CC.CCC/C=C\C(C)=N. The van der Waals surface area contributed by atoms with Crippen molar-refractivity contribution in [3.63, 3.8) is 0 Å². The standard InChI is InChI=1S/C7H13N.2C2H6/c1-3-4-5-6-7(2)8;2*1-2/h5-6,8H,3-4H2,1-2H3;2*1-2H3/b6-5-,8-7?;;. The summed E-state index contributed by atoms with van der Waals surface area (Å²) in [7, 11) is 0. The number of unbranched alkanes of at least 4 members (excludes halogenated alkanes) is 1. The molecule has 0 amide bonds. The summed E-state index contributed by atoms with van der Waals surface area (Å²) in [5, 5.41) is 6.99. The summed E-state index contributed by atoms with van der Waals surface area (Å²) in [4.78, 5) is 0. The smallest absolute Gasteiger partial charge is 0.0279 e. The van der Waals surface area contributed by atoms with E-state index in [1.165, 1.54) is 6.42 Å². The van der Waals surface area contributed by atoms with Gasteiger partial charge < -0.3 is 5.41 Å². The predicted molar refractivity (Wildman–Crippen MR) is 60.1 cm³/mol. The van der Waals surface area contributed by atoms with Crippen molar-refractivity contribution in [1.82, 2.24) is 0 Å². The molecule has 0 atom stereocenters. The molecule has 0 bridgehead atoms. The maximum atomic E-state index is 6.99. The highest BCUT2D eigenvalue weighted by Gasteiger charge is 1.74. The van der Waals surface area contributed by atoms with Gasteiger partial charge in [0.05, 0.1) is 0 Å². The van der Waals surface area contributed by atoms with Gasteiger partial charge in [-0.1, -0.05) is 47.1 Å². The summed E-state index contributed by atoms with van der Waals surface area (Å²) in [6.45, 7) is 11.9. The van der Waals surface area contributed by atoms with Gasteiger partial charge in [-0.15, -0.1) is 0 Å². The monoisotopic (exact) mass is 171 g/mol. The third kappa shape index (κ3) is 34.2. The number of rotatable bonds is 3. The highest BCUT2D eigenvalue weighted by Crippen LogP contribution is 1.87. The lowest BCUT2D eigenvalue weighted by molar-refractivity contribution is 0.959. The molecule has 0 fully saturated rings. The lowest BCUT2D eigenvalue weighted by Gasteiger charge is -1.82. The Morgan fingerprint density at radius 2 is 1.58 bits per heavy atom. The zero-order valence-corrected chi connectivity index (χ0v) is 9.57. The molecule has 0 unspecified atom stereocenters. The van der Waals surface area contributed by atoms with Gasteiger partial charge in [0.15, 0.2) is 0 Å². The molecule has 0 saturated heterocycles. The normalized spacial score (nSPS) is 7.83. The van der Waals surface area contributed by atoms with E-state index in [2.05, 4.69) is 6.92 Å². The number of hydrogen-bond acceptors (Lipinski definition) is 1. The van der Waals surface area contributed by atoms with Crippen LogP contribution in [0.1, 0.15) is 54.4 Å². The van der Waals surface area contributed by atoms with Crippen LogP contribution >= 0.6 is 0 Å². The Kier molecular flexibility index (Phi) is 32.7. The minimum atomic E-state index is 0.637. The van der Waals surface area contributed by atoms with Gasteiger partial charge in [-0.25, -0.2) is 0 Å². The van der Waals surface area contributed by atoms with Crippen LogP contribution in [0.25, 0.3) is 0 Å². The lowest BCUT2D eigenvalue weighted by atomic mass is 10.3. The van der Waals surface area contributed by atoms with Crippen LogP contribution in [0.15, 0.2) is 12.2 Å². The van der Waals surface area contributed by atoms with Crippen molar-refractivity contribution in [2.45, 2.75) is 54.4 Å². The van der Waals surface area contributed by atoms with Crippen molar-refractivity contribution in [3.05, 3.63) is 12.2 Å². The first-order valence-corrected chi connectivity index (χ1v) is 4.99. The van der Waals surface area contributed by atoms with Crippen molar-refractivity contribution in [1.29, 1.82) is 5.41 Å². The lowest BCUT2D eigenvalue weighted by Crippen LogP contribution is -1.76. The van der Waals surface area contributed by atoms with E-state index in [1.54, 1.807) is 6.92 Å². The molecule has 1 N–H and O–H groups in total. The molecule has 12 heavy (non-hydrogen) atoms. The fourth-order valence-corrected chi connectivity index (χ4v) is 0.427. The largest absolute Gasteiger partial charge is 0.306 e. The van der Waals surface area contributed by atoms with Gasteiger partial charge in [0.2, 0.25) is 0 Å². The molecule has 0 aromatic rings. The molecule has 0 aliphatic carbocycles. The fraction of sp³-hybridized carbons (Fsp3) is 0.727. The van der Waals surface area contributed by atoms with Crippen LogP contribution in [0.2, 0.25) is 0 Å². The molecule has 0 rings (SSSR count). The molecule has 1 heteroatoms. The van der Waals surface area contributed by atoms with Gasteiger partial charge in [-0.05, 0) is 19.4 Å². The van der Waals surface area contributed by atoms with Crippen LogP contribution in [-0.4, -0.2) is 5.71 Å². The quantitative estimate of drug-likeness (QED) is 0.607. The van der Waals surface area contributed by atoms with Gasteiger partial charge >= 0.3 is 0 Å². The molecule has 0 aromatic heterocycles. The van der Waals surface area contributed by atoms with E-state index in [9.17, 15) is 0 Å². The van der Waals surface area contributed by atoms with Gasteiger partial charge in [-0.3, -0.25) is 0 Å². The zero-order valence-electron chi connectivity index (χ0n) is 9.57. The number of allylic oxidation sites excluding steroid dienone is 2.